The summed E-state index contributed by atoms with van der Waals surface area (Å²) in [6.07, 6.45) is 0.428. The monoisotopic (exact) mass is 820 g/mol. The predicted octanol–water partition coefficient (Wildman–Crippen LogP) is 6.15. The molecule has 6 rings (SSSR count). The number of ether oxygens (including phenoxy) is 1. The lowest BCUT2D eigenvalue weighted by Gasteiger charge is -2.36. The summed E-state index contributed by atoms with van der Waals surface area (Å²) >= 11 is 24.0. The fourth-order valence-corrected chi connectivity index (χ4v) is 6.67. The van der Waals surface area contributed by atoms with Gasteiger partial charge in [-0.25, -0.2) is 0 Å². The Labute approximate surface area is 330 Å². The van der Waals surface area contributed by atoms with Gasteiger partial charge in [-0.1, -0.05) is 46.4 Å². The Hall–Kier alpha value is -4.45. The summed E-state index contributed by atoms with van der Waals surface area (Å²) in [4.78, 5) is 40.9. The third-order valence-corrected chi connectivity index (χ3v) is 9.85. The minimum atomic E-state index is -0.638. The average molecular weight is 823 g/mol. The molecule has 4 heterocycles. The molecule has 0 N–H and O–H groups in total. The molecule has 2 fully saturated rings. The number of benzene rings is 2. The number of halogens is 4. The highest BCUT2D eigenvalue weighted by Crippen LogP contribution is 2.29. The second kappa shape index (κ2) is 19.2. The lowest BCUT2D eigenvalue weighted by Crippen LogP contribution is -2.47. The first-order valence-corrected chi connectivity index (χ1v) is 18.4. The van der Waals surface area contributed by atoms with E-state index in [4.69, 9.17) is 51.1 Å². The Morgan fingerprint density at radius 3 is 1.70 bits per heavy atom. The van der Waals surface area contributed by atoms with E-state index in [-0.39, 0.29) is 22.3 Å². The van der Waals surface area contributed by atoms with Gasteiger partial charge < -0.3 is 14.5 Å². The Kier molecular flexibility index (Phi) is 14.5. The van der Waals surface area contributed by atoms with Crippen LogP contribution in [0.1, 0.15) is 22.8 Å². The van der Waals surface area contributed by atoms with Gasteiger partial charge in [-0.15, -0.1) is 20.4 Å². The van der Waals surface area contributed by atoms with Gasteiger partial charge >= 0.3 is 0 Å². The van der Waals surface area contributed by atoms with Crippen LogP contribution in [-0.4, -0.2) is 118 Å². The number of aromatic nitrogens is 4. The smallest absolute Gasteiger partial charge is 0.279 e. The fraction of sp³-hybridized carbons (Fsp3) is 0.382. The van der Waals surface area contributed by atoms with Crippen molar-refractivity contribution in [3.8, 4) is 5.75 Å². The van der Waals surface area contributed by atoms with Crippen LogP contribution in [-0.2, 0) is 6.42 Å². The minimum Gasteiger partial charge on any atom is -0.492 e. The Bertz CT molecular complexity index is 1950. The molecule has 2 aromatic carbocycles. The van der Waals surface area contributed by atoms with Crippen molar-refractivity contribution in [1.29, 1.82) is 0 Å². The molecule has 0 amide bonds. The number of nitrogens with zero attached hydrogens (tertiary/aromatic N) is 10. The number of carbonyl (C=O) groups is 1. The van der Waals surface area contributed by atoms with Crippen molar-refractivity contribution in [1.82, 2.24) is 30.2 Å². The maximum atomic E-state index is 11.3. The van der Waals surface area contributed by atoms with Crippen LogP contribution >= 0.6 is 46.4 Å². The van der Waals surface area contributed by atoms with Crippen LogP contribution in [0.3, 0.4) is 0 Å². The highest BCUT2D eigenvalue weighted by Gasteiger charge is 2.24. The van der Waals surface area contributed by atoms with Gasteiger partial charge in [0.1, 0.15) is 12.4 Å². The number of rotatable bonds is 12. The van der Waals surface area contributed by atoms with Gasteiger partial charge in [0.2, 0.25) is 0 Å². The van der Waals surface area contributed by atoms with Crippen LogP contribution in [0.4, 0.5) is 22.7 Å². The zero-order valence-electron chi connectivity index (χ0n) is 29.1. The molecule has 0 unspecified atom stereocenters. The molecule has 54 heavy (non-hydrogen) atoms. The first-order valence-electron chi connectivity index (χ1n) is 16.9. The van der Waals surface area contributed by atoms with Gasteiger partial charge in [-0.05, 0) is 43.7 Å². The van der Waals surface area contributed by atoms with Gasteiger partial charge in [0.05, 0.1) is 27.3 Å². The van der Waals surface area contributed by atoms with Crippen molar-refractivity contribution in [2.45, 2.75) is 13.3 Å². The zero-order valence-corrected chi connectivity index (χ0v) is 32.1. The number of nitro benzene ring substituents is 2. The Balaban J connectivity index is 0.000000208. The average Bonchev–Trinajstić information content (AvgIpc) is 3.17. The molecule has 0 radical (unpaired) electrons. The van der Waals surface area contributed by atoms with E-state index in [9.17, 15) is 25.0 Å². The number of nitro groups is 2. The highest BCUT2D eigenvalue weighted by molar-refractivity contribution is 6.34. The maximum Gasteiger partial charge on any atom is 0.279 e. The molecule has 0 aliphatic carbocycles. The van der Waals surface area contributed by atoms with E-state index in [2.05, 4.69) is 40.0 Å². The van der Waals surface area contributed by atoms with E-state index in [1.54, 1.807) is 31.2 Å². The first-order chi connectivity index (χ1) is 25.9. The van der Waals surface area contributed by atoms with Gasteiger partial charge in [0.15, 0.2) is 26.4 Å². The summed E-state index contributed by atoms with van der Waals surface area (Å²) in [5, 5.41) is 38.5. The number of non-ortho nitro benzene ring substituents is 1. The van der Waals surface area contributed by atoms with Crippen molar-refractivity contribution < 1.29 is 19.4 Å². The summed E-state index contributed by atoms with van der Waals surface area (Å²) in [6, 6.07) is 14.4. The SMILES string of the molecule is CC(=O)c1ccc(OCCN2CCN(c3cc(Cl)nnc3Cl)CC2)cc1.O=[N+]([O-])c1ccc(CCN2CCN(c3cc(Cl)nnc3Cl)CC2)c([N+](=O)[O-])c1. The lowest BCUT2D eigenvalue weighted by atomic mass is 10.1. The fourth-order valence-electron chi connectivity index (χ4n) is 5.96. The Morgan fingerprint density at radius 2 is 1.22 bits per heavy atom. The molecule has 0 bridgehead atoms. The molecule has 2 aliphatic heterocycles. The molecule has 20 heteroatoms. The summed E-state index contributed by atoms with van der Waals surface area (Å²) < 4.78 is 5.77. The summed E-state index contributed by atoms with van der Waals surface area (Å²) in [6.45, 7) is 9.96. The standard InChI is InChI=1S/C18H20Cl2N4O2.C16H16Cl2N6O4/c1-13(25)14-2-4-15(5-3-14)26-11-10-23-6-8-24(9-7-23)16-12-17(19)21-22-18(16)20;17-15-10-14(16(18)20-19-15)22-7-5-21(6-8-22)4-3-11-1-2-12(23(25)26)9-13(11)24(27)28/h2-5,12H,6-11H2,1H3;1-2,9-10H,3-8H2. The molecular formula is C34H36Cl4N10O6. The van der Waals surface area contributed by atoms with Crippen LogP contribution in [0.2, 0.25) is 20.6 Å². The van der Waals surface area contributed by atoms with Crippen LogP contribution < -0.4 is 14.5 Å². The molecule has 286 valence electrons. The molecule has 0 saturated carbocycles. The quantitative estimate of drug-likeness (QED) is 0.0903. The molecule has 0 atom stereocenters. The minimum absolute atomic E-state index is 0.0557. The number of anilines is 2. The second-order valence-electron chi connectivity index (χ2n) is 12.3. The van der Waals surface area contributed by atoms with E-state index in [0.29, 0.717) is 59.2 Å². The topological polar surface area (TPSA) is 177 Å². The second-order valence-corrected chi connectivity index (χ2v) is 13.8. The highest BCUT2D eigenvalue weighted by atomic mass is 35.5. The van der Waals surface area contributed by atoms with Crippen molar-refractivity contribution in [3.63, 3.8) is 0 Å². The van der Waals surface area contributed by atoms with Gasteiger partial charge in [-0.2, -0.15) is 0 Å². The summed E-state index contributed by atoms with van der Waals surface area (Å²) in [5.41, 5.74) is 2.21. The zero-order chi connectivity index (χ0) is 38.8. The van der Waals surface area contributed by atoms with E-state index >= 15 is 0 Å². The van der Waals surface area contributed by atoms with Crippen LogP contribution in [0.25, 0.3) is 0 Å². The van der Waals surface area contributed by atoms with Crippen molar-refractivity contribution in [3.05, 3.63) is 107 Å². The van der Waals surface area contributed by atoms with Gasteiger partial charge in [-0.3, -0.25) is 34.8 Å². The first kappa shape index (κ1) is 40.7. The third kappa shape index (κ3) is 11.3. The molecular weight excluding hydrogens is 786 g/mol. The third-order valence-electron chi connectivity index (χ3n) is 8.94. The number of hydrogen-bond acceptors (Lipinski definition) is 14. The molecule has 0 spiro atoms. The lowest BCUT2D eigenvalue weighted by molar-refractivity contribution is -0.394. The maximum absolute atomic E-state index is 11.3. The predicted molar refractivity (Wildman–Crippen MR) is 207 cm³/mol. The van der Waals surface area contributed by atoms with E-state index < -0.39 is 9.85 Å². The largest absolute Gasteiger partial charge is 0.492 e. The number of hydrogen-bond donors (Lipinski definition) is 0. The van der Waals surface area contributed by atoms with Crippen molar-refractivity contribution in [2.24, 2.45) is 0 Å². The van der Waals surface area contributed by atoms with E-state index in [1.165, 1.54) is 12.1 Å². The normalized spacial score (nSPS) is 15.0. The number of carbonyl (C=O) groups excluding carboxylic acids is 1. The van der Waals surface area contributed by atoms with Crippen molar-refractivity contribution >= 4 is 74.9 Å². The van der Waals surface area contributed by atoms with Crippen LogP contribution in [0, 0.1) is 20.2 Å². The summed E-state index contributed by atoms with van der Waals surface area (Å²) in [5.74, 6) is 0.832. The number of ketones is 1. The van der Waals surface area contributed by atoms with E-state index in [1.807, 2.05) is 12.1 Å². The number of piperazine rings is 2. The number of Topliss-reactive ketones (excluding diaryl/α,β-unsaturated/α-hetero) is 1. The summed E-state index contributed by atoms with van der Waals surface area (Å²) in [7, 11) is 0. The Morgan fingerprint density at radius 1 is 0.704 bits per heavy atom. The van der Waals surface area contributed by atoms with Gasteiger partial charge in [0, 0.05) is 94.8 Å². The molecule has 16 nitrogen and oxygen atoms in total. The van der Waals surface area contributed by atoms with Crippen LogP contribution in [0.5, 0.6) is 5.75 Å². The van der Waals surface area contributed by atoms with Crippen molar-refractivity contribution in [2.75, 3.05) is 81.9 Å². The molecule has 2 aliphatic rings. The molecule has 2 saturated heterocycles. The molecule has 4 aromatic rings. The van der Waals surface area contributed by atoms with E-state index in [0.717, 1.165) is 69.0 Å². The van der Waals surface area contributed by atoms with Crippen LogP contribution in [0.15, 0.2) is 54.6 Å². The van der Waals surface area contributed by atoms with Gasteiger partial charge in [0.25, 0.3) is 11.4 Å². The molecule has 2 aromatic heterocycles.